The van der Waals surface area contributed by atoms with Gasteiger partial charge in [-0.2, -0.15) is 13.2 Å². The molecule has 0 amide bonds. The summed E-state index contributed by atoms with van der Waals surface area (Å²) >= 11 is 0. The minimum Gasteiger partial charge on any atom is -0.344 e. The van der Waals surface area contributed by atoms with E-state index in [2.05, 4.69) is 0 Å². The number of aromatic nitrogens is 2. The molecule has 1 atom stereocenters. The van der Waals surface area contributed by atoms with Crippen molar-refractivity contribution in [3.8, 4) is 0 Å². The summed E-state index contributed by atoms with van der Waals surface area (Å²) < 4.78 is 64.6. The lowest BCUT2D eigenvalue weighted by Gasteiger charge is -2.16. The lowest BCUT2D eigenvalue weighted by molar-refractivity contribution is -0.138. The maximum absolute atomic E-state index is 12.9. The van der Waals surface area contributed by atoms with Crippen LogP contribution >= 0.6 is 0 Å². The molecule has 0 bridgehead atoms. The maximum Gasteiger partial charge on any atom is 0.417 e. The number of hydrogen-bond acceptors (Lipinski definition) is 4. The van der Waals surface area contributed by atoms with E-state index < -0.39 is 39.5 Å². The summed E-state index contributed by atoms with van der Waals surface area (Å²) in [7, 11) is -3.12. The van der Waals surface area contributed by atoms with E-state index in [1.54, 1.807) is 24.5 Å². The molecule has 2 aromatic rings. The van der Waals surface area contributed by atoms with Crippen molar-refractivity contribution in [2.24, 2.45) is 0 Å². The molecule has 3 rings (SSSR count). The van der Waals surface area contributed by atoms with Crippen LogP contribution in [0.4, 0.5) is 13.2 Å². The number of alkyl halides is 3. The third-order valence-electron chi connectivity index (χ3n) is 4.98. The number of sulfone groups is 1. The second-order valence-corrected chi connectivity index (χ2v) is 9.25. The highest BCUT2D eigenvalue weighted by atomic mass is 32.2. The fourth-order valence-corrected chi connectivity index (χ4v) is 5.36. The molecule has 1 aliphatic heterocycles. The molecule has 10 heteroatoms. The van der Waals surface area contributed by atoms with Crippen LogP contribution in [0.2, 0.25) is 0 Å². The van der Waals surface area contributed by atoms with Crippen LogP contribution in [-0.2, 0) is 22.6 Å². The van der Waals surface area contributed by atoms with Crippen LogP contribution in [0.25, 0.3) is 0 Å². The first-order chi connectivity index (χ1) is 12.9. The smallest absolute Gasteiger partial charge is 0.344 e. The Morgan fingerprint density at radius 2 is 1.93 bits per heavy atom. The molecule has 0 unspecified atom stereocenters. The van der Waals surface area contributed by atoms with Crippen molar-refractivity contribution in [2.75, 3.05) is 11.5 Å². The van der Waals surface area contributed by atoms with Gasteiger partial charge in [-0.3, -0.25) is 9.59 Å². The first-order valence-electron chi connectivity index (χ1n) is 8.59. The number of aryl methyl sites for hydroxylation is 1. The molecule has 2 aromatic heterocycles. The van der Waals surface area contributed by atoms with Crippen LogP contribution in [0, 0.1) is 13.8 Å². The number of Topliss-reactive ketones (excluding diaryl/α,β-unsaturated/α-hetero) is 1. The maximum atomic E-state index is 12.9. The highest BCUT2D eigenvalue weighted by Gasteiger charge is 2.33. The van der Waals surface area contributed by atoms with Gasteiger partial charge < -0.3 is 9.13 Å². The molecule has 0 aromatic carbocycles. The Morgan fingerprint density at radius 3 is 2.50 bits per heavy atom. The van der Waals surface area contributed by atoms with Crippen molar-refractivity contribution in [3.63, 3.8) is 0 Å². The minimum atomic E-state index is -4.62. The van der Waals surface area contributed by atoms with Crippen molar-refractivity contribution in [2.45, 2.75) is 39.0 Å². The van der Waals surface area contributed by atoms with E-state index in [-0.39, 0.29) is 23.1 Å². The monoisotopic (exact) mass is 416 g/mol. The van der Waals surface area contributed by atoms with Crippen molar-refractivity contribution in [1.82, 2.24) is 9.13 Å². The standard InChI is InChI=1S/C18H19F3N2O4S/c1-11-7-15(12(2)23(11)14-5-6-28(26,27)10-14)16(24)9-22-8-13(18(19,20)21)3-4-17(22)25/h3-4,7-8,14H,5-6,9-10H2,1-2H3/t14-/m0/s1. The first-order valence-corrected chi connectivity index (χ1v) is 10.4. The third-order valence-corrected chi connectivity index (χ3v) is 6.73. The van der Waals surface area contributed by atoms with Gasteiger partial charge in [-0.15, -0.1) is 0 Å². The average molecular weight is 416 g/mol. The fourth-order valence-electron chi connectivity index (χ4n) is 3.66. The summed E-state index contributed by atoms with van der Waals surface area (Å²) in [6.07, 6.45) is -3.55. The summed E-state index contributed by atoms with van der Waals surface area (Å²) in [5, 5.41) is 0. The van der Waals surface area contributed by atoms with Gasteiger partial charge in [0, 0.05) is 35.3 Å². The molecule has 6 nitrogen and oxygen atoms in total. The Labute approximate surface area is 159 Å². The third kappa shape index (κ3) is 3.91. The number of ketones is 1. The summed E-state index contributed by atoms with van der Waals surface area (Å²) in [5.41, 5.74) is -0.214. The molecule has 0 N–H and O–H groups in total. The van der Waals surface area contributed by atoms with Crippen molar-refractivity contribution in [3.05, 3.63) is 57.3 Å². The van der Waals surface area contributed by atoms with E-state index in [0.29, 0.717) is 30.1 Å². The van der Waals surface area contributed by atoms with Crippen LogP contribution < -0.4 is 5.56 Å². The summed E-state index contributed by atoms with van der Waals surface area (Å²) in [4.78, 5) is 24.6. The van der Waals surface area contributed by atoms with Crippen molar-refractivity contribution >= 4 is 15.6 Å². The Bertz CT molecular complexity index is 1100. The minimum absolute atomic E-state index is 0.00984. The fraction of sp³-hybridized carbons (Fsp3) is 0.444. The van der Waals surface area contributed by atoms with Crippen LogP contribution in [0.3, 0.4) is 0 Å². The molecule has 3 heterocycles. The van der Waals surface area contributed by atoms with E-state index in [0.717, 1.165) is 10.6 Å². The summed E-state index contributed by atoms with van der Waals surface area (Å²) in [6.45, 7) is 2.88. The predicted molar refractivity (Wildman–Crippen MR) is 96.2 cm³/mol. The van der Waals surface area contributed by atoms with Crippen LogP contribution in [-0.4, -0.2) is 34.8 Å². The van der Waals surface area contributed by atoms with Gasteiger partial charge in [-0.1, -0.05) is 0 Å². The molecule has 0 saturated carbocycles. The molecular weight excluding hydrogens is 397 g/mol. The Morgan fingerprint density at radius 1 is 1.25 bits per heavy atom. The number of nitrogens with zero attached hydrogens (tertiary/aromatic N) is 2. The van der Waals surface area contributed by atoms with Crippen LogP contribution in [0.5, 0.6) is 0 Å². The van der Waals surface area contributed by atoms with E-state index >= 15 is 0 Å². The molecular formula is C18H19F3N2O4S. The van der Waals surface area contributed by atoms with Gasteiger partial charge in [0.25, 0.3) is 5.56 Å². The lowest BCUT2D eigenvalue weighted by atomic mass is 10.1. The van der Waals surface area contributed by atoms with Gasteiger partial charge in [-0.25, -0.2) is 8.42 Å². The van der Waals surface area contributed by atoms with Gasteiger partial charge in [-0.05, 0) is 32.4 Å². The highest BCUT2D eigenvalue weighted by Crippen LogP contribution is 2.30. The van der Waals surface area contributed by atoms with Gasteiger partial charge in [0.15, 0.2) is 15.6 Å². The molecule has 0 spiro atoms. The molecule has 1 fully saturated rings. The first kappa shape index (κ1) is 20.4. The summed E-state index contributed by atoms with van der Waals surface area (Å²) in [5.74, 6) is -0.441. The molecule has 1 aliphatic rings. The van der Waals surface area contributed by atoms with Gasteiger partial charge in [0.05, 0.1) is 23.6 Å². The Kier molecular flexibility index (Phi) is 5.03. The van der Waals surface area contributed by atoms with E-state index in [4.69, 9.17) is 0 Å². The number of halogens is 3. The van der Waals surface area contributed by atoms with Gasteiger partial charge in [0.2, 0.25) is 0 Å². The predicted octanol–water partition coefficient (Wildman–Crippen LogP) is 2.53. The zero-order valence-electron chi connectivity index (χ0n) is 15.3. The van der Waals surface area contributed by atoms with Crippen LogP contribution in [0.15, 0.2) is 29.2 Å². The summed E-state index contributed by atoms with van der Waals surface area (Å²) in [6, 6.07) is 2.77. The van der Waals surface area contributed by atoms with E-state index in [1.807, 2.05) is 0 Å². The topological polar surface area (TPSA) is 78.1 Å². The van der Waals surface area contributed by atoms with Crippen molar-refractivity contribution in [1.29, 1.82) is 0 Å². The Balaban J connectivity index is 1.91. The number of rotatable bonds is 4. The van der Waals surface area contributed by atoms with Crippen LogP contribution in [0.1, 0.15) is 39.8 Å². The molecule has 1 saturated heterocycles. The average Bonchev–Trinajstić information content (AvgIpc) is 3.07. The largest absolute Gasteiger partial charge is 0.417 e. The van der Waals surface area contributed by atoms with Gasteiger partial charge in [0.1, 0.15) is 0 Å². The zero-order valence-corrected chi connectivity index (χ0v) is 16.1. The highest BCUT2D eigenvalue weighted by molar-refractivity contribution is 7.91. The number of carbonyl (C=O) groups is 1. The van der Waals surface area contributed by atoms with Gasteiger partial charge >= 0.3 is 6.18 Å². The SMILES string of the molecule is Cc1cc(C(=O)Cn2cc(C(F)(F)F)ccc2=O)c(C)n1[C@H]1CCS(=O)(=O)C1. The quantitative estimate of drug-likeness (QED) is 0.718. The number of carbonyl (C=O) groups excluding carboxylic acids is 1. The number of hydrogen-bond donors (Lipinski definition) is 0. The Hall–Kier alpha value is -2.36. The molecule has 28 heavy (non-hydrogen) atoms. The molecule has 0 aliphatic carbocycles. The zero-order chi connectivity index (χ0) is 20.9. The lowest BCUT2D eigenvalue weighted by Crippen LogP contribution is -2.25. The second-order valence-electron chi connectivity index (χ2n) is 7.02. The normalized spacial score (nSPS) is 19.1. The number of pyridine rings is 1. The molecule has 0 radical (unpaired) electrons. The van der Waals surface area contributed by atoms with Crippen molar-refractivity contribution < 1.29 is 26.4 Å². The van der Waals surface area contributed by atoms with E-state index in [1.165, 1.54) is 0 Å². The van der Waals surface area contributed by atoms with E-state index in [9.17, 15) is 31.2 Å². The molecule has 152 valence electrons. The second kappa shape index (κ2) is 6.91.